The van der Waals surface area contributed by atoms with Crippen molar-refractivity contribution in [2.45, 2.75) is 12.1 Å². The first-order chi connectivity index (χ1) is 19.7. The Bertz CT molecular complexity index is 1590. The second kappa shape index (κ2) is 11.4. The molecule has 2 atom stereocenters. The fraction of sp³-hybridized carbons (Fsp3) is 0.0938. The van der Waals surface area contributed by atoms with Crippen molar-refractivity contribution in [3.05, 3.63) is 139 Å². The molecule has 3 heterocycles. The molecule has 8 heteroatoms. The van der Waals surface area contributed by atoms with Crippen molar-refractivity contribution in [3.8, 4) is 11.4 Å². The van der Waals surface area contributed by atoms with Gasteiger partial charge in [0.05, 0.1) is 11.7 Å². The van der Waals surface area contributed by atoms with Crippen LogP contribution in [-0.4, -0.2) is 27.2 Å². The van der Waals surface area contributed by atoms with Crippen LogP contribution in [-0.2, 0) is 4.79 Å². The van der Waals surface area contributed by atoms with Gasteiger partial charge in [0.15, 0.2) is 11.7 Å². The Morgan fingerprint density at radius 2 is 1.57 bits per heavy atom. The van der Waals surface area contributed by atoms with Crippen molar-refractivity contribution in [1.82, 2.24) is 14.9 Å². The number of aromatic nitrogens is 2. The number of amides is 1. The lowest BCUT2D eigenvalue weighted by Gasteiger charge is -2.29. The lowest BCUT2D eigenvalue weighted by molar-refractivity contribution is -0.118. The first-order valence-corrected chi connectivity index (χ1v) is 13.4. The van der Waals surface area contributed by atoms with Crippen molar-refractivity contribution in [1.29, 1.82) is 0 Å². The van der Waals surface area contributed by atoms with Gasteiger partial charge in [-0.05, 0) is 85.0 Å². The van der Waals surface area contributed by atoms with Crippen LogP contribution in [0.25, 0.3) is 5.69 Å². The molecule has 0 unspecified atom stereocenters. The molecule has 1 aliphatic heterocycles. The van der Waals surface area contributed by atoms with Crippen molar-refractivity contribution in [3.63, 3.8) is 0 Å². The number of anilines is 2. The quantitative estimate of drug-likeness (QED) is 0.231. The van der Waals surface area contributed by atoms with Crippen LogP contribution in [0.1, 0.15) is 23.5 Å². The van der Waals surface area contributed by atoms with Crippen molar-refractivity contribution in [2.24, 2.45) is 0 Å². The molecular formula is C32H27N5O2S. The maximum atomic E-state index is 12.5. The van der Waals surface area contributed by atoms with E-state index in [-0.39, 0.29) is 24.6 Å². The minimum atomic E-state index is -0.233. The molecule has 6 rings (SSSR count). The van der Waals surface area contributed by atoms with Crippen LogP contribution in [0.2, 0.25) is 0 Å². The van der Waals surface area contributed by atoms with Gasteiger partial charge in [0.1, 0.15) is 11.8 Å². The Kier molecular flexibility index (Phi) is 7.24. The smallest absolute Gasteiger partial charge is 0.262 e. The fourth-order valence-corrected chi connectivity index (χ4v) is 5.31. The third-order valence-corrected chi connectivity index (χ3v) is 7.07. The van der Waals surface area contributed by atoms with E-state index in [1.54, 1.807) is 6.20 Å². The lowest BCUT2D eigenvalue weighted by atomic mass is 10.0. The Labute approximate surface area is 238 Å². The number of ether oxygens (including phenoxy) is 1. The average molecular weight is 546 g/mol. The zero-order valence-corrected chi connectivity index (χ0v) is 22.4. The average Bonchev–Trinajstić information content (AvgIpc) is 3.62. The van der Waals surface area contributed by atoms with Crippen LogP contribution in [0.15, 0.2) is 128 Å². The fourth-order valence-electron chi connectivity index (χ4n) is 4.96. The molecule has 5 aromatic rings. The molecule has 1 saturated heterocycles. The Morgan fingerprint density at radius 1 is 0.850 bits per heavy atom. The molecule has 0 aliphatic carbocycles. The number of thiocarbonyl (C=S) groups is 1. The van der Waals surface area contributed by atoms with E-state index in [2.05, 4.69) is 49.5 Å². The molecule has 3 aromatic carbocycles. The van der Waals surface area contributed by atoms with E-state index in [9.17, 15) is 4.79 Å². The molecule has 7 nitrogen and oxygen atoms in total. The number of nitrogens with one attached hydrogen (secondary N) is 2. The van der Waals surface area contributed by atoms with Gasteiger partial charge in [-0.2, -0.15) is 0 Å². The van der Waals surface area contributed by atoms with Gasteiger partial charge < -0.3 is 24.8 Å². The molecule has 1 aliphatic rings. The lowest BCUT2D eigenvalue weighted by Crippen LogP contribution is -2.30. The van der Waals surface area contributed by atoms with Crippen LogP contribution < -0.4 is 20.3 Å². The standard InChI is InChI=1S/C32H27N5O2S/c38-29(22-39-26-12-5-2-6-13-26)34-23-16-18-25(19-17-23)37-31(30(35-32(37)40)27-14-7-8-20-33-27)28-15-9-21-36(28)24-10-3-1-4-11-24/h1-21,30-31H,22H2,(H,34,38)(H,35,40)/t30-,31-/m0/s1. The van der Waals surface area contributed by atoms with E-state index in [0.29, 0.717) is 16.5 Å². The summed E-state index contributed by atoms with van der Waals surface area (Å²) in [4.78, 5) is 19.2. The third kappa shape index (κ3) is 5.30. The highest BCUT2D eigenvalue weighted by molar-refractivity contribution is 7.80. The summed E-state index contributed by atoms with van der Waals surface area (Å²) in [5, 5.41) is 7.02. The van der Waals surface area contributed by atoms with Crippen LogP contribution in [0.5, 0.6) is 5.75 Å². The third-order valence-electron chi connectivity index (χ3n) is 6.76. The number of nitrogens with zero attached hydrogens (tertiary/aromatic N) is 3. The normalized spacial score (nSPS) is 16.4. The van der Waals surface area contributed by atoms with Gasteiger partial charge in [0.25, 0.3) is 5.91 Å². The summed E-state index contributed by atoms with van der Waals surface area (Å²) in [6.45, 7) is -0.0732. The SMILES string of the molecule is O=C(COc1ccccc1)Nc1ccc(N2C(=S)N[C@@H](c3ccccn3)[C@@H]2c2cccn2-c2ccccc2)cc1. The first-order valence-electron chi connectivity index (χ1n) is 13.0. The van der Waals surface area contributed by atoms with Gasteiger partial charge in [0.2, 0.25) is 0 Å². The molecule has 0 bridgehead atoms. The highest BCUT2D eigenvalue weighted by atomic mass is 32.1. The number of para-hydroxylation sites is 2. The van der Waals surface area contributed by atoms with Crippen LogP contribution in [0.4, 0.5) is 11.4 Å². The maximum absolute atomic E-state index is 12.5. The van der Waals surface area contributed by atoms with E-state index < -0.39 is 0 Å². The predicted octanol–water partition coefficient (Wildman–Crippen LogP) is 6.07. The number of hydrogen-bond acceptors (Lipinski definition) is 4. The number of benzene rings is 3. The van der Waals surface area contributed by atoms with E-state index in [1.165, 1.54) is 0 Å². The monoisotopic (exact) mass is 545 g/mol. The number of carbonyl (C=O) groups is 1. The summed E-state index contributed by atoms with van der Waals surface area (Å²) in [5.74, 6) is 0.417. The number of rotatable bonds is 8. The Balaban J connectivity index is 1.27. The highest BCUT2D eigenvalue weighted by Gasteiger charge is 2.42. The molecule has 0 spiro atoms. The zero-order valence-electron chi connectivity index (χ0n) is 21.6. The van der Waals surface area contributed by atoms with Gasteiger partial charge in [-0.25, -0.2) is 0 Å². The number of pyridine rings is 1. The van der Waals surface area contributed by atoms with E-state index in [1.807, 2.05) is 97.1 Å². The number of hydrogen-bond donors (Lipinski definition) is 2. The molecule has 1 fully saturated rings. The van der Waals surface area contributed by atoms with Crippen molar-refractivity contribution < 1.29 is 9.53 Å². The van der Waals surface area contributed by atoms with Crippen LogP contribution in [0, 0.1) is 0 Å². The number of carbonyl (C=O) groups excluding carboxylic acids is 1. The topological polar surface area (TPSA) is 71.4 Å². The van der Waals surface area contributed by atoms with Crippen molar-refractivity contribution in [2.75, 3.05) is 16.8 Å². The van der Waals surface area contributed by atoms with Gasteiger partial charge in [-0.3, -0.25) is 9.78 Å². The zero-order chi connectivity index (χ0) is 27.3. The van der Waals surface area contributed by atoms with E-state index in [0.717, 1.165) is 22.8 Å². The molecule has 2 N–H and O–H groups in total. The molecule has 2 aromatic heterocycles. The molecule has 198 valence electrons. The summed E-state index contributed by atoms with van der Waals surface area (Å²) in [6.07, 6.45) is 3.87. The first kappa shape index (κ1) is 25.3. The second-order valence-corrected chi connectivity index (χ2v) is 9.72. The Hall–Kier alpha value is -4.95. The summed E-state index contributed by atoms with van der Waals surface area (Å²) < 4.78 is 7.75. The maximum Gasteiger partial charge on any atom is 0.262 e. The minimum Gasteiger partial charge on any atom is -0.484 e. The summed E-state index contributed by atoms with van der Waals surface area (Å²) in [5.41, 5.74) is 4.62. The predicted molar refractivity (Wildman–Crippen MR) is 161 cm³/mol. The summed E-state index contributed by atoms with van der Waals surface area (Å²) in [7, 11) is 0. The van der Waals surface area contributed by atoms with Crippen LogP contribution >= 0.6 is 12.2 Å². The molecule has 0 saturated carbocycles. The highest BCUT2D eigenvalue weighted by Crippen LogP contribution is 2.42. The second-order valence-electron chi connectivity index (χ2n) is 9.33. The molecule has 0 radical (unpaired) electrons. The van der Waals surface area contributed by atoms with Crippen molar-refractivity contribution >= 4 is 34.6 Å². The van der Waals surface area contributed by atoms with Gasteiger partial charge in [0, 0.05) is 35.1 Å². The van der Waals surface area contributed by atoms with E-state index >= 15 is 0 Å². The van der Waals surface area contributed by atoms with Gasteiger partial charge >= 0.3 is 0 Å². The summed E-state index contributed by atoms with van der Waals surface area (Å²) >= 11 is 5.89. The molecular weight excluding hydrogens is 518 g/mol. The van der Waals surface area contributed by atoms with Gasteiger partial charge in [-0.1, -0.05) is 42.5 Å². The minimum absolute atomic E-state index is 0.0732. The summed E-state index contributed by atoms with van der Waals surface area (Å²) in [6, 6.07) is 36.9. The molecule has 1 amide bonds. The van der Waals surface area contributed by atoms with Crippen LogP contribution in [0.3, 0.4) is 0 Å². The van der Waals surface area contributed by atoms with Gasteiger partial charge in [-0.15, -0.1) is 0 Å². The molecule has 40 heavy (non-hydrogen) atoms. The largest absolute Gasteiger partial charge is 0.484 e. The Morgan fingerprint density at radius 3 is 2.30 bits per heavy atom. The van der Waals surface area contributed by atoms with E-state index in [4.69, 9.17) is 17.0 Å².